The maximum absolute atomic E-state index is 12.2. The molecule has 1 amide bonds. The van der Waals surface area contributed by atoms with Gasteiger partial charge in [0.15, 0.2) is 5.13 Å². The van der Waals surface area contributed by atoms with Crippen LogP contribution in [0.1, 0.15) is 26.5 Å². The van der Waals surface area contributed by atoms with Gasteiger partial charge in [0.1, 0.15) is 5.69 Å². The first-order valence-corrected chi connectivity index (χ1v) is 10.9. The average Bonchev–Trinajstić information content (AvgIpc) is 3.18. The monoisotopic (exact) mass is 415 g/mol. The predicted molar refractivity (Wildman–Crippen MR) is 125 cm³/mol. The van der Waals surface area contributed by atoms with E-state index < -0.39 is 0 Å². The molecule has 0 spiro atoms. The van der Waals surface area contributed by atoms with E-state index in [-0.39, 0.29) is 5.91 Å². The van der Waals surface area contributed by atoms with Crippen LogP contribution >= 0.6 is 11.3 Å². The summed E-state index contributed by atoms with van der Waals surface area (Å²) < 4.78 is 0. The summed E-state index contributed by atoms with van der Waals surface area (Å²) in [5.74, 6) is -0.135. The molecule has 30 heavy (non-hydrogen) atoms. The van der Waals surface area contributed by atoms with Crippen LogP contribution in [0.15, 0.2) is 72.8 Å². The normalized spacial score (nSPS) is 10.9. The minimum absolute atomic E-state index is 0.135. The van der Waals surface area contributed by atoms with Crippen molar-refractivity contribution < 1.29 is 4.79 Å². The molecule has 0 aliphatic carbocycles. The van der Waals surface area contributed by atoms with Crippen molar-refractivity contribution >= 4 is 33.1 Å². The Labute approximate surface area is 181 Å². The highest BCUT2D eigenvalue weighted by Gasteiger charge is 2.19. The molecule has 0 aliphatic rings. The highest BCUT2D eigenvalue weighted by atomic mass is 32.1. The van der Waals surface area contributed by atoms with Crippen LogP contribution in [0.3, 0.4) is 0 Å². The number of nitrogens with one attached hydrogen (secondary N) is 1. The van der Waals surface area contributed by atoms with Crippen molar-refractivity contribution in [1.82, 2.24) is 10.3 Å². The van der Waals surface area contributed by atoms with Gasteiger partial charge in [0.25, 0.3) is 5.91 Å². The van der Waals surface area contributed by atoms with Crippen LogP contribution in [-0.2, 0) is 13.0 Å². The first kappa shape index (κ1) is 20.1. The van der Waals surface area contributed by atoms with Crippen LogP contribution in [0.2, 0.25) is 0 Å². The van der Waals surface area contributed by atoms with E-state index in [1.165, 1.54) is 21.9 Å². The summed E-state index contributed by atoms with van der Waals surface area (Å²) in [4.78, 5) is 20.1. The lowest BCUT2D eigenvalue weighted by Gasteiger charge is -2.22. The van der Waals surface area contributed by atoms with Crippen LogP contribution in [0.4, 0.5) is 5.13 Å². The maximum Gasteiger partial charge on any atom is 0.270 e. The Balaban J connectivity index is 1.63. The molecular weight excluding hydrogens is 390 g/mol. The van der Waals surface area contributed by atoms with Gasteiger partial charge in [-0.1, -0.05) is 72.8 Å². The Morgan fingerprint density at radius 1 is 1.00 bits per heavy atom. The summed E-state index contributed by atoms with van der Waals surface area (Å²) in [7, 11) is 1.64. The van der Waals surface area contributed by atoms with Gasteiger partial charge >= 0.3 is 0 Å². The van der Waals surface area contributed by atoms with Crippen molar-refractivity contribution in [2.75, 3.05) is 18.5 Å². The molecule has 3 aromatic carbocycles. The van der Waals surface area contributed by atoms with E-state index in [0.717, 1.165) is 29.5 Å². The smallest absolute Gasteiger partial charge is 0.270 e. The number of carbonyl (C=O) groups excluding carboxylic acids is 1. The number of amides is 1. The number of aromatic nitrogens is 1. The molecular formula is C25H25N3OS. The van der Waals surface area contributed by atoms with Crippen molar-refractivity contribution in [2.45, 2.75) is 19.9 Å². The summed E-state index contributed by atoms with van der Waals surface area (Å²) in [6.07, 6.45) is 0.905. The van der Waals surface area contributed by atoms with E-state index in [1.54, 1.807) is 18.4 Å². The third-order valence-corrected chi connectivity index (χ3v) is 6.28. The van der Waals surface area contributed by atoms with E-state index in [4.69, 9.17) is 0 Å². The Hall–Kier alpha value is -3.18. The number of fused-ring (bicyclic) bond motifs is 1. The van der Waals surface area contributed by atoms with E-state index in [0.29, 0.717) is 5.69 Å². The number of thiazole rings is 1. The number of aryl methyl sites for hydroxylation is 1. The van der Waals surface area contributed by atoms with Gasteiger partial charge in [-0.15, -0.1) is 11.3 Å². The lowest BCUT2D eigenvalue weighted by molar-refractivity contribution is 0.0958. The molecule has 4 rings (SSSR count). The fourth-order valence-electron chi connectivity index (χ4n) is 3.66. The molecule has 0 fully saturated rings. The van der Waals surface area contributed by atoms with Gasteiger partial charge < -0.3 is 10.2 Å². The first-order valence-electron chi connectivity index (χ1n) is 10.1. The number of nitrogens with zero attached hydrogens (tertiary/aromatic N) is 2. The van der Waals surface area contributed by atoms with E-state index >= 15 is 0 Å². The number of anilines is 1. The minimum atomic E-state index is -0.135. The third-order valence-electron chi connectivity index (χ3n) is 5.25. The number of carbonyl (C=O) groups is 1. The van der Waals surface area contributed by atoms with Crippen molar-refractivity contribution in [1.29, 1.82) is 0 Å². The number of rotatable bonds is 7. The summed E-state index contributed by atoms with van der Waals surface area (Å²) in [6.45, 7) is 3.53. The van der Waals surface area contributed by atoms with Crippen molar-refractivity contribution in [3.05, 3.63) is 94.5 Å². The van der Waals surface area contributed by atoms with Crippen LogP contribution in [0, 0.1) is 6.92 Å². The Morgan fingerprint density at radius 2 is 1.73 bits per heavy atom. The van der Waals surface area contributed by atoms with Crippen LogP contribution in [0.5, 0.6) is 0 Å². The highest BCUT2D eigenvalue weighted by molar-refractivity contribution is 7.15. The number of hydrogen-bond donors (Lipinski definition) is 1. The quantitative estimate of drug-likeness (QED) is 0.450. The first-order chi connectivity index (χ1) is 14.7. The van der Waals surface area contributed by atoms with Crippen molar-refractivity contribution in [2.24, 2.45) is 0 Å². The molecule has 5 heteroatoms. The molecule has 1 aromatic heterocycles. The average molecular weight is 416 g/mol. The standard InChI is InChI=1S/C25H25N3OS/c1-18-23(24(29)26-2)27-25(30-18)28(17-19-9-4-3-5-10-19)16-15-21-13-8-12-20-11-6-7-14-22(20)21/h3-14H,15-17H2,1-2H3,(H,26,29). The summed E-state index contributed by atoms with van der Waals surface area (Å²) in [5.41, 5.74) is 3.07. The molecule has 0 radical (unpaired) electrons. The zero-order valence-electron chi connectivity index (χ0n) is 17.3. The SMILES string of the molecule is CNC(=O)c1nc(N(CCc2cccc3ccccc23)Cc2ccccc2)sc1C. The van der Waals surface area contributed by atoms with Crippen LogP contribution in [0.25, 0.3) is 10.8 Å². The van der Waals surface area contributed by atoms with Gasteiger partial charge in [-0.25, -0.2) is 4.98 Å². The molecule has 0 saturated carbocycles. The Bertz CT molecular complexity index is 1150. The fourth-order valence-corrected chi connectivity index (χ4v) is 4.59. The molecule has 0 bridgehead atoms. The Morgan fingerprint density at radius 3 is 2.53 bits per heavy atom. The molecule has 0 saturated heterocycles. The summed E-state index contributed by atoms with van der Waals surface area (Å²) >= 11 is 1.58. The fraction of sp³-hybridized carbons (Fsp3) is 0.200. The molecule has 1 heterocycles. The largest absolute Gasteiger partial charge is 0.354 e. The molecule has 4 nitrogen and oxygen atoms in total. The molecule has 0 aliphatic heterocycles. The van der Waals surface area contributed by atoms with Gasteiger partial charge in [0, 0.05) is 25.0 Å². The van der Waals surface area contributed by atoms with Gasteiger partial charge in [0.05, 0.1) is 0 Å². The Kier molecular flexibility index (Phi) is 6.10. The molecule has 152 valence electrons. The van der Waals surface area contributed by atoms with E-state index in [2.05, 4.69) is 81.9 Å². The molecule has 4 aromatic rings. The minimum Gasteiger partial charge on any atom is -0.354 e. The zero-order valence-corrected chi connectivity index (χ0v) is 18.1. The van der Waals surface area contributed by atoms with Crippen LogP contribution < -0.4 is 10.2 Å². The lowest BCUT2D eigenvalue weighted by atomic mass is 10.0. The molecule has 1 N–H and O–H groups in total. The maximum atomic E-state index is 12.2. The number of benzene rings is 3. The molecule has 0 atom stereocenters. The van der Waals surface area contributed by atoms with Crippen LogP contribution in [-0.4, -0.2) is 24.5 Å². The predicted octanol–water partition coefficient (Wildman–Crippen LogP) is 5.21. The van der Waals surface area contributed by atoms with E-state index in [9.17, 15) is 4.79 Å². The number of hydrogen-bond acceptors (Lipinski definition) is 4. The lowest BCUT2D eigenvalue weighted by Crippen LogP contribution is -2.26. The van der Waals surface area contributed by atoms with Gasteiger partial charge in [-0.3, -0.25) is 4.79 Å². The zero-order chi connectivity index (χ0) is 20.9. The summed E-state index contributed by atoms with van der Waals surface area (Å²) in [5, 5.41) is 6.13. The second-order valence-electron chi connectivity index (χ2n) is 7.28. The van der Waals surface area contributed by atoms with Gasteiger partial charge in [-0.05, 0) is 35.2 Å². The highest BCUT2D eigenvalue weighted by Crippen LogP contribution is 2.28. The van der Waals surface area contributed by atoms with Gasteiger partial charge in [0.2, 0.25) is 0 Å². The summed E-state index contributed by atoms with van der Waals surface area (Å²) in [6, 6.07) is 25.4. The van der Waals surface area contributed by atoms with Crippen molar-refractivity contribution in [3.63, 3.8) is 0 Å². The third kappa shape index (κ3) is 4.36. The van der Waals surface area contributed by atoms with E-state index in [1.807, 2.05) is 13.0 Å². The molecule has 0 unspecified atom stereocenters. The van der Waals surface area contributed by atoms with Crippen molar-refractivity contribution in [3.8, 4) is 0 Å². The topological polar surface area (TPSA) is 45.2 Å². The second kappa shape index (κ2) is 9.09. The van der Waals surface area contributed by atoms with Gasteiger partial charge in [-0.2, -0.15) is 0 Å². The second-order valence-corrected chi connectivity index (χ2v) is 8.46.